The van der Waals surface area contributed by atoms with Crippen LogP contribution in [0.1, 0.15) is 25.8 Å². The minimum absolute atomic E-state index is 0.0316. The number of hydrogen-bond acceptors (Lipinski definition) is 5. The van der Waals surface area contributed by atoms with Crippen molar-refractivity contribution in [1.29, 1.82) is 0 Å². The standard InChI is InChI=1S/C21H26O4S/c1-15(13-22)20(23)21(2,26-17-6-4-3-5-7-17)11-10-16-8-9-18-19(12-16)25-14-24-18/h3-9,12,15,20,22-23H,10-11,13-14H2,1-2H3/t15-,20+,21+/m1/s1. The molecule has 4 nitrogen and oxygen atoms in total. The van der Waals surface area contributed by atoms with E-state index in [-0.39, 0.29) is 19.3 Å². The van der Waals surface area contributed by atoms with E-state index in [0.717, 1.165) is 34.8 Å². The van der Waals surface area contributed by atoms with Crippen LogP contribution in [-0.2, 0) is 6.42 Å². The minimum Gasteiger partial charge on any atom is -0.454 e. The third-order valence-corrected chi connectivity index (χ3v) is 6.31. The lowest BCUT2D eigenvalue weighted by atomic mass is 9.88. The van der Waals surface area contributed by atoms with E-state index in [2.05, 4.69) is 19.1 Å². The lowest BCUT2D eigenvalue weighted by Crippen LogP contribution is -2.42. The van der Waals surface area contributed by atoms with Crippen molar-refractivity contribution in [3.8, 4) is 11.5 Å². The van der Waals surface area contributed by atoms with Crippen LogP contribution in [0.15, 0.2) is 53.4 Å². The fraction of sp³-hybridized carbons (Fsp3) is 0.429. The van der Waals surface area contributed by atoms with Crippen LogP contribution in [0.2, 0.25) is 0 Å². The summed E-state index contributed by atoms with van der Waals surface area (Å²) in [7, 11) is 0. The van der Waals surface area contributed by atoms with Gasteiger partial charge in [0.25, 0.3) is 0 Å². The number of aliphatic hydroxyl groups is 2. The third kappa shape index (κ3) is 4.34. The van der Waals surface area contributed by atoms with Crippen LogP contribution in [0.3, 0.4) is 0 Å². The van der Waals surface area contributed by atoms with Crippen molar-refractivity contribution >= 4 is 11.8 Å². The van der Waals surface area contributed by atoms with Crippen molar-refractivity contribution < 1.29 is 19.7 Å². The van der Waals surface area contributed by atoms with Gasteiger partial charge in [-0.05, 0) is 49.6 Å². The first kappa shape index (κ1) is 19.1. The molecule has 3 rings (SSSR count). The molecule has 1 aliphatic heterocycles. The molecule has 0 saturated carbocycles. The molecule has 140 valence electrons. The number of ether oxygens (including phenoxy) is 2. The molecular weight excluding hydrogens is 348 g/mol. The zero-order chi connectivity index (χ0) is 18.6. The first-order chi connectivity index (χ1) is 12.5. The maximum Gasteiger partial charge on any atom is 0.231 e. The highest BCUT2D eigenvalue weighted by molar-refractivity contribution is 8.00. The van der Waals surface area contributed by atoms with Gasteiger partial charge in [0.05, 0.1) is 6.10 Å². The Morgan fingerprint density at radius 1 is 1.12 bits per heavy atom. The fourth-order valence-electron chi connectivity index (χ4n) is 3.21. The van der Waals surface area contributed by atoms with Crippen LogP contribution in [0.5, 0.6) is 11.5 Å². The molecule has 0 aliphatic carbocycles. The Morgan fingerprint density at radius 3 is 2.58 bits per heavy atom. The average Bonchev–Trinajstić information content (AvgIpc) is 3.13. The lowest BCUT2D eigenvalue weighted by Gasteiger charge is -2.37. The normalized spacial score (nSPS) is 17.5. The number of aliphatic hydroxyl groups excluding tert-OH is 2. The molecule has 0 bridgehead atoms. The second-order valence-electron chi connectivity index (χ2n) is 7.02. The molecule has 0 unspecified atom stereocenters. The molecule has 0 amide bonds. The zero-order valence-corrected chi connectivity index (χ0v) is 16.0. The lowest BCUT2D eigenvalue weighted by molar-refractivity contribution is 0.0477. The number of hydrogen-bond donors (Lipinski definition) is 2. The van der Waals surface area contributed by atoms with E-state index in [1.807, 2.05) is 43.3 Å². The molecule has 2 aromatic carbocycles. The predicted molar refractivity (Wildman–Crippen MR) is 104 cm³/mol. The van der Waals surface area contributed by atoms with E-state index in [9.17, 15) is 10.2 Å². The van der Waals surface area contributed by atoms with Crippen LogP contribution in [-0.4, -0.2) is 34.5 Å². The SMILES string of the molecule is C[C@H](CO)[C@H](O)[C@](C)(CCc1ccc2c(c1)OCO2)Sc1ccccc1. The summed E-state index contributed by atoms with van der Waals surface area (Å²) < 4.78 is 10.4. The summed E-state index contributed by atoms with van der Waals surface area (Å²) in [4.78, 5) is 1.12. The molecule has 5 heteroatoms. The molecule has 0 spiro atoms. The van der Waals surface area contributed by atoms with E-state index in [4.69, 9.17) is 9.47 Å². The van der Waals surface area contributed by atoms with E-state index < -0.39 is 10.9 Å². The Labute approximate surface area is 159 Å². The molecule has 1 aliphatic rings. The van der Waals surface area contributed by atoms with Crippen molar-refractivity contribution in [1.82, 2.24) is 0 Å². The quantitative estimate of drug-likeness (QED) is 0.687. The number of fused-ring (bicyclic) bond motifs is 1. The molecule has 2 N–H and O–H groups in total. The van der Waals surface area contributed by atoms with Crippen molar-refractivity contribution in [2.45, 2.75) is 42.4 Å². The highest BCUT2D eigenvalue weighted by Gasteiger charge is 2.37. The molecule has 2 aromatic rings. The van der Waals surface area contributed by atoms with Gasteiger partial charge in [-0.2, -0.15) is 0 Å². The Kier molecular flexibility index (Phi) is 6.12. The molecule has 26 heavy (non-hydrogen) atoms. The first-order valence-corrected chi connectivity index (χ1v) is 9.75. The van der Waals surface area contributed by atoms with Crippen molar-refractivity contribution in [2.24, 2.45) is 5.92 Å². The van der Waals surface area contributed by atoms with Crippen molar-refractivity contribution in [2.75, 3.05) is 13.4 Å². The maximum absolute atomic E-state index is 10.9. The second kappa shape index (κ2) is 8.33. The van der Waals surface area contributed by atoms with Crippen LogP contribution in [0, 0.1) is 5.92 Å². The topological polar surface area (TPSA) is 58.9 Å². The van der Waals surface area contributed by atoms with Crippen molar-refractivity contribution in [3.05, 3.63) is 54.1 Å². The number of rotatable bonds is 8. The minimum atomic E-state index is -0.619. The van der Waals surface area contributed by atoms with E-state index >= 15 is 0 Å². The van der Waals surface area contributed by atoms with Gasteiger partial charge in [0.1, 0.15) is 0 Å². The highest BCUT2D eigenvalue weighted by atomic mass is 32.2. The maximum atomic E-state index is 10.9. The molecule has 0 radical (unpaired) electrons. The number of aryl methyl sites for hydroxylation is 1. The van der Waals surface area contributed by atoms with Gasteiger partial charge in [0.2, 0.25) is 6.79 Å². The third-order valence-electron chi connectivity index (χ3n) is 4.89. The summed E-state index contributed by atoms with van der Waals surface area (Å²) in [5.41, 5.74) is 1.15. The van der Waals surface area contributed by atoms with Crippen LogP contribution < -0.4 is 9.47 Å². The van der Waals surface area contributed by atoms with Crippen molar-refractivity contribution in [3.63, 3.8) is 0 Å². The molecular formula is C21H26O4S. The average molecular weight is 375 g/mol. The Bertz CT molecular complexity index is 721. The monoisotopic (exact) mass is 374 g/mol. The van der Waals surface area contributed by atoms with E-state index in [0.29, 0.717) is 0 Å². The molecule has 3 atom stereocenters. The number of thioether (sulfide) groups is 1. The van der Waals surface area contributed by atoms with Crippen LogP contribution in [0.25, 0.3) is 0 Å². The Balaban J connectivity index is 1.76. The highest BCUT2D eigenvalue weighted by Crippen LogP contribution is 2.42. The van der Waals surface area contributed by atoms with Crippen LogP contribution in [0.4, 0.5) is 0 Å². The number of benzene rings is 2. The van der Waals surface area contributed by atoms with Gasteiger partial charge in [-0.15, -0.1) is 11.8 Å². The summed E-state index contributed by atoms with van der Waals surface area (Å²) in [6, 6.07) is 16.1. The molecule has 0 saturated heterocycles. The largest absolute Gasteiger partial charge is 0.454 e. The summed E-state index contributed by atoms with van der Waals surface area (Å²) in [5.74, 6) is 1.38. The molecule has 1 heterocycles. The van der Waals surface area contributed by atoms with Crippen LogP contribution >= 0.6 is 11.8 Å². The van der Waals surface area contributed by atoms with Gasteiger partial charge in [0.15, 0.2) is 11.5 Å². The first-order valence-electron chi connectivity index (χ1n) is 8.93. The summed E-state index contributed by atoms with van der Waals surface area (Å²) >= 11 is 1.67. The fourth-order valence-corrected chi connectivity index (χ4v) is 4.60. The Morgan fingerprint density at radius 2 is 1.85 bits per heavy atom. The van der Waals surface area contributed by atoms with Gasteiger partial charge in [0, 0.05) is 22.2 Å². The van der Waals surface area contributed by atoms with Gasteiger partial charge < -0.3 is 19.7 Å². The van der Waals surface area contributed by atoms with Gasteiger partial charge in [-0.25, -0.2) is 0 Å². The second-order valence-corrected chi connectivity index (χ2v) is 8.63. The van der Waals surface area contributed by atoms with Gasteiger partial charge in [-0.3, -0.25) is 0 Å². The molecule has 0 aromatic heterocycles. The molecule has 0 fully saturated rings. The zero-order valence-electron chi connectivity index (χ0n) is 15.2. The van der Waals surface area contributed by atoms with Gasteiger partial charge in [-0.1, -0.05) is 31.2 Å². The van der Waals surface area contributed by atoms with E-state index in [1.54, 1.807) is 11.8 Å². The summed E-state index contributed by atoms with van der Waals surface area (Å²) in [6.45, 7) is 4.20. The van der Waals surface area contributed by atoms with E-state index in [1.165, 1.54) is 0 Å². The summed E-state index contributed by atoms with van der Waals surface area (Å²) in [5, 5.41) is 20.4. The van der Waals surface area contributed by atoms with Gasteiger partial charge >= 0.3 is 0 Å². The summed E-state index contributed by atoms with van der Waals surface area (Å²) in [6.07, 6.45) is 0.964. The Hall–Kier alpha value is -1.69. The predicted octanol–water partition coefficient (Wildman–Crippen LogP) is 3.89. The smallest absolute Gasteiger partial charge is 0.231 e.